The molecule has 0 unspecified atom stereocenters. The van der Waals surface area contributed by atoms with Gasteiger partial charge in [-0.05, 0) is 43.0 Å². The molecule has 6 heteroatoms. The van der Waals surface area contributed by atoms with Gasteiger partial charge >= 0.3 is 0 Å². The van der Waals surface area contributed by atoms with E-state index in [0.717, 1.165) is 19.1 Å². The van der Waals surface area contributed by atoms with Crippen LogP contribution in [0.5, 0.6) is 0 Å². The SMILES string of the molecule is CS(=O)(=O)c1ccc(C(=O)N2CCC(CO)CC2)cc1. The first-order chi connectivity index (χ1) is 9.41. The van der Waals surface area contributed by atoms with Crippen LogP contribution in [0.1, 0.15) is 23.2 Å². The van der Waals surface area contributed by atoms with Gasteiger partial charge in [-0.3, -0.25) is 4.79 Å². The molecule has 1 aliphatic heterocycles. The quantitative estimate of drug-likeness (QED) is 0.901. The van der Waals surface area contributed by atoms with Gasteiger partial charge in [0.2, 0.25) is 0 Å². The first kappa shape index (κ1) is 15.0. The monoisotopic (exact) mass is 297 g/mol. The van der Waals surface area contributed by atoms with Crippen LogP contribution in [0.25, 0.3) is 0 Å². The summed E-state index contributed by atoms with van der Waals surface area (Å²) in [6.45, 7) is 1.45. The Balaban J connectivity index is 2.07. The normalized spacial score (nSPS) is 17.2. The molecule has 1 amide bonds. The second kappa shape index (κ2) is 5.93. The number of benzene rings is 1. The van der Waals surface area contributed by atoms with Crippen molar-refractivity contribution in [2.24, 2.45) is 5.92 Å². The van der Waals surface area contributed by atoms with E-state index in [2.05, 4.69) is 0 Å². The third kappa shape index (κ3) is 3.37. The van der Waals surface area contributed by atoms with Crippen LogP contribution in [0.3, 0.4) is 0 Å². The summed E-state index contributed by atoms with van der Waals surface area (Å²) in [5, 5.41) is 9.08. The Morgan fingerprint density at radius 2 is 1.80 bits per heavy atom. The lowest BCUT2D eigenvalue weighted by molar-refractivity contribution is 0.0651. The number of hydrogen-bond acceptors (Lipinski definition) is 4. The number of amides is 1. The van der Waals surface area contributed by atoms with Crippen molar-refractivity contribution in [2.75, 3.05) is 26.0 Å². The fourth-order valence-corrected chi connectivity index (χ4v) is 2.98. The second-order valence-electron chi connectivity index (χ2n) is 5.21. The maximum Gasteiger partial charge on any atom is 0.253 e. The number of nitrogens with zero attached hydrogens (tertiary/aromatic N) is 1. The Kier molecular flexibility index (Phi) is 4.45. The van der Waals surface area contributed by atoms with Crippen molar-refractivity contribution in [2.45, 2.75) is 17.7 Å². The van der Waals surface area contributed by atoms with Crippen LogP contribution >= 0.6 is 0 Å². The molecule has 20 heavy (non-hydrogen) atoms. The minimum absolute atomic E-state index is 0.0820. The summed E-state index contributed by atoms with van der Waals surface area (Å²) < 4.78 is 22.7. The van der Waals surface area contributed by atoms with Crippen LogP contribution in [0.15, 0.2) is 29.2 Å². The van der Waals surface area contributed by atoms with Crippen molar-refractivity contribution in [3.05, 3.63) is 29.8 Å². The van der Waals surface area contributed by atoms with E-state index in [9.17, 15) is 13.2 Å². The molecule has 1 fully saturated rings. The highest BCUT2D eigenvalue weighted by Gasteiger charge is 2.23. The zero-order chi connectivity index (χ0) is 14.8. The summed E-state index contributed by atoms with van der Waals surface area (Å²) in [4.78, 5) is 14.2. The zero-order valence-electron chi connectivity index (χ0n) is 11.4. The third-order valence-electron chi connectivity index (χ3n) is 3.69. The zero-order valence-corrected chi connectivity index (χ0v) is 12.3. The van der Waals surface area contributed by atoms with Crippen LogP contribution in [0, 0.1) is 5.92 Å². The Morgan fingerprint density at radius 3 is 2.25 bits per heavy atom. The van der Waals surface area contributed by atoms with Gasteiger partial charge in [-0.1, -0.05) is 0 Å². The molecule has 0 bridgehead atoms. The van der Waals surface area contributed by atoms with Gasteiger partial charge in [0.1, 0.15) is 0 Å². The van der Waals surface area contributed by atoms with Crippen molar-refractivity contribution in [1.29, 1.82) is 0 Å². The average Bonchev–Trinajstić information content (AvgIpc) is 2.46. The Morgan fingerprint density at radius 1 is 1.25 bits per heavy atom. The van der Waals surface area contributed by atoms with E-state index < -0.39 is 9.84 Å². The largest absolute Gasteiger partial charge is 0.396 e. The van der Waals surface area contributed by atoms with E-state index in [1.165, 1.54) is 12.1 Å². The Hall–Kier alpha value is -1.40. The summed E-state index contributed by atoms with van der Waals surface area (Å²) in [5.74, 6) is 0.202. The second-order valence-corrected chi connectivity index (χ2v) is 7.23. The number of carbonyl (C=O) groups is 1. The van der Waals surface area contributed by atoms with Crippen LogP contribution in [-0.4, -0.2) is 50.3 Å². The number of aliphatic hydroxyl groups excluding tert-OH is 1. The minimum Gasteiger partial charge on any atom is -0.396 e. The molecule has 0 radical (unpaired) electrons. The van der Waals surface area contributed by atoms with E-state index >= 15 is 0 Å². The molecule has 0 atom stereocenters. The highest BCUT2D eigenvalue weighted by Crippen LogP contribution is 2.19. The molecule has 1 aromatic rings. The molecule has 0 aromatic heterocycles. The number of carbonyl (C=O) groups excluding carboxylic acids is 1. The molecule has 5 nitrogen and oxygen atoms in total. The van der Waals surface area contributed by atoms with Gasteiger partial charge in [-0.15, -0.1) is 0 Å². The summed E-state index contributed by atoms with van der Waals surface area (Å²) in [5.41, 5.74) is 0.500. The standard InChI is InChI=1S/C14H19NO4S/c1-20(18,19)13-4-2-12(3-5-13)14(17)15-8-6-11(10-16)7-9-15/h2-5,11,16H,6-10H2,1H3. The predicted molar refractivity (Wildman–Crippen MR) is 75.3 cm³/mol. The number of sulfone groups is 1. The molecule has 110 valence electrons. The summed E-state index contributed by atoms with van der Waals surface area (Å²) in [6.07, 6.45) is 2.76. The van der Waals surface area contributed by atoms with Gasteiger partial charge in [-0.2, -0.15) is 0 Å². The predicted octanol–water partition coefficient (Wildman–Crippen LogP) is 0.935. The van der Waals surface area contributed by atoms with Gasteiger partial charge in [0.15, 0.2) is 9.84 Å². The van der Waals surface area contributed by atoms with Crippen molar-refractivity contribution >= 4 is 15.7 Å². The van der Waals surface area contributed by atoms with E-state index in [0.29, 0.717) is 18.7 Å². The number of hydrogen-bond donors (Lipinski definition) is 1. The fraction of sp³-hybridized carbons (Fsp3) is 0.500. The van der Waals surface area contributed by atoms with Crippen LogP contribution in [0.2, 0.25) is 0 Å². The number of rotatable bonds is 3. The van der Waals surface area contributed by atoms with Gasteiger partial charge < -0.3 is 10.0 Å². The van der Waals surface area contributed by atoms with Gasteiger partial charge in [0.25, 0.3) is 5.91 Å². The first-order valence-corrected chi connectivity index (χ1v) is 8.51. The maximum absolute atomic E-state index is 12.3. The highest BCUT2D eigenvalue weighted by molar-refractivity contribution is 7.90. The molecule has 0 aliphatic carbocycles. The minimum atomic E-state index is -3.23. The lowest BCUT2D eigenvalue weighted by atomic mass is 9.97. The molecule has 1 heterocycles. The first-order valence-electron chi connectivity index (χ1n) is 6.62. The highest BCUT2D eigenvalue weighted by atomic mass is 32.2. The smallest absolute Gasteiger partial charge is 0.253 e. The molecule has 0 spiro atoms. The van der Waals surface area contributed by atoms with Gasteiger partial charge in [-0.25, -0.2) is 8.42 Å². The third-order valence-corrected chi connectivity index (χ3v) is 4.82. The molecule has 1 aliphatic rings. The van der Waals surface area contributed by atoms with E-state index in [1.54, 1.807) is 17.0 Å². The number of aliphatic hydroxyl groups is 1. The topological polar surface area (TPSA) is 74.7 Å². The number of piperidine rings is 1. The Labute approximate surface area is 119 Å². The molecule has 1 aromatic carbocycles. The van der Waals surface area contributed by atoms with E-state index in [-0.39, 0.29) is 23.3 Å². The fourth-order valence-electron chi connectivity index (χ4n) is 2.35. The van der Waals surface area contributed by atoms with E-state index in [1.807, 2.05) is 0 Å². The van der Waals surface area contributed by atoms with Gasteiger partial charge in [0.05, 0.1) is 4.90 Å². The summed E-state index contributed by atoms with van der Waals surface area (Å²) in [6, 6.07) is 6.03. The van der Waals surface area contributed by atoms with Crippen molar-refractivity contribution in [3.8, 4) is 0 Å². The average molecular weight is 297 g/mol. The van der Waals surface area contributed by atoms with Crippen molar-refractivity contribution in [3.63, 3.8) is 0 Å². The summed E-state index contributed by atoms with van der Waals surface area (Å²) >= 11 is 0. The molecular formula is C14H19NO4S. The van der Waals surface area contributed by atoms with Crippen LogP contribution in [-0.2, 0) is 9.84 Å². The molecule has 0 saturated carbocycles. The molecule has 1 saturated heterocycles. The lowest BCUT2D eigenvalue weighted by Crippen LogP contribution is -2.39. The van der Waals surface area contributed by atoms with Crippen LogP contribution < -0.4 is 0 Å². The molecule has 1 N–H and O–H groups in total. The summed E-state index contributed by atoms with van der Waals surface area (Å²) in [7, 11) is -3.23. The molecular weight excluding hydrogens is 278 g/mol. The number of likely N-dealkylation sites (tertiary alicyclic amines) is 1. The van der Waals surface area contributed by atoms with Crippen molar-refractivity contribution in [1.82, 2.24) is 4.90 Å². The van der Waals surface area contributed by atoms with E-state index in [4.69, 9.17) is 5.11 Å². The van der Waals surface area contributed by atoms with Crippen molar-refractivity contribution < 1.29 is 18.3 Å². The lowest BCUT2D eigenvalue weighted by Gasteiger charge is -2.31. The maximum atomic E-state index is 12.3. The van der Waals surface area contributed by atoms with Crippen LogP contribution in [0.4, 0.5) is 0 Å². The van der Waals surface area contributed by atoms with Gasteiger partial charge in [0, 0.05) is 31.5 Å². The Bertz CT molecular complexity index is 572. The molecule has 2 rings (SSSR count).